The summed E-state index contributed by atoms with van der Waals surface area (Å²) >= 11 is 0. The molecule has 0 atom stereocenters. The molecule has 0 spiro atoms. The predicted molar refractivity (Wildman–Crippen MR) is 82.4 cm³/mol. The molecule has 0 radical (unpaired) electrons. The van der Waals surface area contributed by atoms with Crippen LogP contribution in [0.2, 0.25) is 0 Å². The average Bonchev–Trinajstić information content (AvgIpc) is 2.55. The van der Waals surface area contributed by atoms with E-state index in [2.05, 4.69) is 0 Å². The Morgan fingerprint density at radius 2 is 1.36 bits per heavy atom. The van der Waals surface area contributed by atoms with Gasteiger partial charge in [0.25, 0.3) is 5.91 Å². The van der Waals surface area contributed by atoms with Crippen LogP contribution >= 0.6 is 0 Å². The Labute approximate surface area is 151 Å². The van der Waals surface area contributed by atoms with Gasteiger partial charge in [-0.15, -0.1) is 0 Å². The Morgan fingerprint density at radius 1 is 0.821 bits per heavy atom. The fourth-order valence-corrected chi connectivity index (χ4v) is 2.10. The Kier molecular flexibility index (Phi) is 5.52. The van der Waals surface area contributed by atoms with E-state index < -0.39 is 52.5 Å². The third-order valence-electron chi connectivity index (χ3n) is 3.32. The van der Waals surface area contributed by atoms with Crippen molar-refractivity contribution < 1.29 is 45.4 Å². The molecule has 2 aromatic carbocycles. The summed E-state index contributed by atoms with van der Waals surface area (Å²) in [7, 11) is 0. The van der Waals surface area contributed by atoms with Gasteiger partial charge in [-0.3, -0.25) is 10.1 Å². The molecule has 150 valence electrons. The van der Waals surface area contributed by atoms with Crippen LogP contribution in [0.1, 0.15) is 21.5 Å². The van der Waals surface area contributed by atoms with Gasteiger partial charge in [-0.25, -0.2) is 9.18 Å². The molecule has 0 aliphatic carbocycles. The van der Waals surface area contributed by atoms with E-state index in [-0.39, 0.29) is 23.9 Å². The van der Waals surface area contributed by atoms with E-state index in [0.29, 0.717) is 0 Å². The van der Waals surface area contributed by atoms with Crippen LogP contribution < -0.4 is 10.6 Å². The summed E-state index contributed by atoms with van der Waals surface area (Å²) in [6, 6.07) is 2.75. The Bertz CT molecular complexity index is 891. The lowest BCUT2D eigenvalue weighted by atomic mass is 10.0. The van der Waals surface area contributed by atoms with E-state index in [4.69, 9.17) is 5.11 Å². The molecule has 0 saturated carbocycles. The molecule has 12 heteroatoms. The van der Waals surface area contributed by atoms with Crippen molar-refractivity contribution in [3.8, 4) is 0 Å². The highest BCUT2D eigenvalue weighted by Crippen LogP contribution is 2.36. The van der Waals surface area contributed by atoms with Crippen LogP contribution in [0.5, 0.6) is 0 Å². The number of alkyl halides is 6. The molecule has 3 N–H and O–H groups in total. The normalized spacial score (nSPS) is 11.8. The molecule has 2 aromatic rings. The monoisotopic (exact) mass is 410 g/mol. The van der Waals surface area contributed by atoms with Gasteiger partial charge in [0.1, 0.15) is 5.82 Å². The Morgan fingerprint density at radius 3 is 1.82 bits per heavy atom. The number of carbonyl (C=O) groups is 2. The second kappa shape index (κ2) is 7.37. The maximum absolute atomic E-state index is 13.8. The maximum atomic E-state index is 13.8. The number of benzene rings is 2. The van der Waals surface area contributed by atoms with E-state index in [0.717, 1.165) is 18.2 Å². The van der Waals surface area contributed by atoms with E-state index in [9.17, 15) is 40.3 Å². The molecule has 0 bridgehead atoms. The molecule has 0 aliphatic rings. The number of amides is 2. The molecule has 2 rings (SSSR count). The number of hydrogen-bond donors (Lipinski definition) is 3. The Balaban J connectivity index is 2.43. The summed E-state index contributed by atoms with van der Waals surface area (Å²) in [5, 5.41) is 12.3. The van der Waals surface area contributed by atoms with Gasteiger partial charge in [-0.2, -0.15) is 26.3 Å². The highest BCUT2D eigenvalue weighted by molar-refractivity contribution is 6.05. The van der Waals surface area contributed by atoms with Crippen molar-refractivity contribution in [2.24, 2.45) is 0 Å². The zero-order chi connectivity index (χ0) is 21.3. The zero-order valence-corrected chi connectivity index (χ0v) is 13.4. The summed E-state index contributed by atoms with van der Waals surface area (Å²) in [5.41, 5.74) is -5.28. The number of hydrogen-bond acceptors (Lipinski definition) is 2. The quantitative estimate of drug-likeness (QED) is 0.609. The second-order valence-electron chi connectivity index (χ2n) is 5.37. The van der Waals surface area contributed by atoms with E-state index in [1.807, 2.05) is 10.6 Å². The van der Waals surface area contributed by atoms with Crippen molar-refractivity contribution in [3.05, 3.63) is 58.9 Å². The average molecular weight is 410 g/mol. The highest BCUT2D eigenvalue weighted by Gasteiger charge is 2.37. The van der Waals surface area contributed by atoms with Crippen molar-refractivity contribution >= 4 is 23.4 Å². The lowest BCUT2D eigenvalue weighted by Gasteiger charge is -2.14. The SMILES string of the molecule is O=C(O)Nc1ccc(F)c(NC(=O)c2cc(C(F)(F)F)cc(C(F)(F)F)c2)c1. The van der Waals surface area contributed by atoms with Crippen LogP contribution in [0, 0.1) is 5.82 Å². The molecular formula is C16H9F7N2O3. The third-order valence-corrected chi connectivity index (χ3v) is 3.32. The topological polar surface area (TPSA) is 78.4 Å². The van der Waals surface area contributed by atoms with Crippen molar-refractivity contribution in [1.82, 2.24) is 0 Å². The van der Waals surface area contributed by atoms with Crippen molar-refractivity contribution in [1.29, 1.82) is 0 Å². The van der Waals surface area contributed by atoms with Gasteiger partial charge in [0.05, 0.1) is 16.8 Å². The minimum atomic E-state index is -5.16. The van der Waals surface area contributed by atoms with Crippen LogP contribution in [0.3, 0.4) is 0 Å². The molecule has 0 unspecified atom stereocenters. The van der Waals surface area contributed by atoms with Crippen molar-refractivity contribution in [3.63, 3.8) is 0 Å². The van der Waals surface area contributed by atoms with Crippen LogP contribution in [0.15, 0.2) is 36.4 Å². The van der Waals surface area contributed by atoms with Gasteiger partial charge >= 0.3 is 18.4 Å². The molecular weight excluding hydrogens is 401 g/mol. The van der Waals surface area contributed by atoms with Gasteiger partial charge in [0, 0.05) is 11.3 Å². The van der Waals surface area contributed by atoms with Gasteiger partial charge in [-0.05, 0) is 36.4 Å². The molecule has 2 amide bonds. The highest BCUT2D eigenvalue weighted by atomic mass is 19.4. The fraction of sp³-hybridized carbons (Fsp3) is 0.125. The summed E-state index contributed by atoms with van der Waals surface area (Å²) in [4.78, 5) is 22.7. The third kappa shape index (κ3) is 5.11. The van der Waals surface area contributed by atoms with E-state index >= 15 is 0 Å². The number of anilines is 2. The first kappa shape index (κ1) is 21.0. The smallest absolute Gasteiger partial charge is 0.416 e. The molecule has 0 aromatic heterocycles. The molecule has 28 heavy (non-hydrogen) atoms. The minimum absolute atomic E-state index is 0.158. The number of rotatable bonds is 3. The zero-order valence-electron chi connectivity index (χ0n) is 13.4. The summed E-state index contributed by atoms with van der Waals surface area (Å²) in [6.07, 6.45) is -11.8. The molecule has 0 saturated heterocycles. The lowest BCUT2D eigenvalue weighted by Crippen LogP contribution is -2.18. The fourth-order valence-electron chi connectivity index (χ4n) is 2.10. The molecule has 0 aliphatic heterocycles. The van der Waals surface area contributed by atoms with Gasteiger partial charge < -0.3 is 10.4 Å². The van der Waals surface area contributed by atoms with Gasteiger partial charge in [0.2, 0.25) is 0 Å². The van der Waals surface area contributed by atoms with Crippen LogP contribution in [-0.2, 0) is 12.4 Å². The predicted octanol–water partition coefficient (Wildman–Crippen LogP) is 5.21. The molecule has 0 heterocycles. The van der Waals surface area contributed by atoms with Crippen LogP contribution in [0.4, 0.5) is 46.9 Å². The van der Waals surface area contributed by atoms with Gasteiger partial charge in [0.15, 0.2) is 0 Å². The standard InChI is InChI=1S/C16H9F7N2O3/c17-11-2-1-10(24-14(27)28)6-12(11)25-13(26)7-3-8(15(18,19)20)5-9(4-7)16(21,22)23/h1-6,24H,(H,25,26)(H,27,28). The van der Waals surface area contributed by atoms with Crippen molar-refractivity contribution in [2.45, 2.75) is 12.4 Å². The largest absolute Gasteiger partial charge is 0.465 e. The lowest BCUT2D eigenvalue weighted by molar-refractivity contribution is -0.143. The molecule has 0 fully saturated rings. The first-order valence-electron chi connectivity index (χ1n) is 7.17. The Hall–Kier alpha value is -3.31. The number of carbonyl (C=O) groups excluding carboxylic acids is 1. The number of nitrogens with one attached hydrogen (secondary N) is 2. The molecule has 5 nitrogen and oxygen atoms in total. The van der Waals surface area contributed by atoms with E-state index in [1.165, 1.54) is 0 Å². The van der Waals surface area contributed by atoms with Gasteiger partial charge in [-0.1, -0.05) is 0 Å². The minimum Gasteiger partial charge on any atom is -0.465 e. The number of carboxylic acid groups (broad SMARTS) is 1. The summed E-state index contributed by atoms with van der Waals surface area (Å²) < 4.78 is 90.8. The maximum Gasteiger partial charge on any atom is 0.416 e. The first-order valence-corrected chi connectivity index (χ1v) is 7.17. The first-order chi connectivity index (χ1) is 12.8. The van der Waals surface area contributed by atoms with Crippen molar-refractivity contribution in [2.75, 3.05) is 10.6 Å². The second-order valence-corrected chi connectivity index (χ2v) is 5.37. The summed E-state index contributed by atoms with van der Waals surface area (Å²) in [5.74, 6) is -2.55. The summed E-state index contributed by atoms with van der Waals surface area (Å²) in [6.45, 7) is 0. The van der Waals surface area contributed by atoms with Crippen LogP contribution in [-0.4, -0.2) is 17.1 Å². The van der Waals surface area contributed by atoms with Crippen LogP contribution in [0.25, 0.3) is 0 Å². The van der Waals surface area contributed by atoms with E-state index in [1.54, 1.807) is 0 Å². The number of halogens is 7.